The molecule has 4 heteroatoms. The van der Waals surface area contributed by atoms with E-state index in [0.29, 0.717) is 12.1 Å². The molecule has 1 fully saturated rings. The van der Waals surface area contributed by atoms with Crippen molar-refractivity contribution in [2.45, 2.75) is 31.6 Å². The molecule has 1 aromatic carbocycles. The van der Waals surface area contributed by atoms with Crippen molar-refractivity contribution >= 4 is 0 Å². The summed E-state index contributed by atoms with van der Waals surface area (Å²) in [6.07, 6.45) is 1.81. The van der Waals surface area contributed by atoms with Gasteiger partial charge in [0.05, 0.1) is 0 Å². The molecule has 1 unspecified atom stereocenters. The zero-order chi connectivity index (χ0) is 12.5. The molecule has 0 aliphatic carbocycles. The van der Waals surface area contributed by atoms with Crippen LogP contribution in [0.1, 0.15) is 36.8 Å². The lowest BCUT2D eigenvalue weighted by Crippen LogP contribution is -2.29. The summed E-state index contributed by atoms with van der Waals surface area (Å²) in [4.78, 5) is 0. The van der Waals surface area contributed by atoms with Gasteiger partial charge in [0.25, 0.3) is 5.92 Å². The van der Waals surface area contributed by atoms with Crippen LogP contribution in [-0.2, 0) is 5.92 Å². The van der Waals surface area contributed by atoms with Gasteiger partial charge in [-0.15, -0.1) is 0 Å². The van der Waals surface area contributed by atoms with Crippen molar-refractivity contribution in [3.63, 3.8) is 0 Å². The number of rotatable bonds is 2. The number of halogens is 3. The molecule has 0 amide bonds. The molecular weight excluding hydrogens is 227 g/mol. The van der Waals surface area contributed by atoms with Crippen LogP contribution >= 0.6 is 0 Å². The van der Waals surface area contributed by atoms with Crippen LogP contribution in [0.2, 0.25) is 0 Å². The maximum atomic E-state index is 13.7. The average molecular weight is 243 g/mol. The van der Waals surface area contributed by atoms with Gasteiger partial charge in [-0.2, -0.15) is 0 Å². The fraction of sp³-hybridized carbons (Fsp3) is 0.538. The number of piperidine rings is 1. The molecule has 1 aliphatic rings. The first kappa shape index (κ1) is 12.4. The van der Waals surface area contributed by atoms with Gasteiger partial charge >= 0.3 is 0 Å². The second-order valence-corrected chi connectivity index (χ2v) is 4.67. The first-order chi connectivity index (χ1) is 7.98. The molecule has 0 radical (unpaired) electrons. The van der Waals surface area contributed by atoms with Crippen molar-refractivity contribution in [1.82, 2.24) is 5.32 Å². The van der Waals surface area contributed by atoms with Crippen LogP contribution in [-0.4, -0.2) is 13.1 Å². The molecule has 1 heterocycles. The second kappa shape index (κ2) is 4.69. The van der Waals surface area contributed by atoms with Crippen molar-refractivity contribution in [2.24, 2.45) is 0 Å². The molecule has 94 valence electrons. The van der Waals surface area contributed by atoms with Crippen molar-refractivity contribution in [3.05, 3.63) is 35.1 Å². The summed E-state index contributed by atoms with van der Waals surface area (Å²) in [6.45, 7) is 2.42. The van der Waals surface area contributed by atoms with E-state index in [0.717, 1.165) is 38.4 Å². The van der Waals surface area contributed by atoms with Gasteiger partial charge < -0.3 is 5.32 Å². The summed E-state index contributed by atoms with van der Waals surface area (Å²) in [5.74, 6) is -3.29. The van der Waals surface area contributed by atoms with Gasteiger partial charge in [0.2, 0.25) is 0 Å². The molecule has 1 aliphatic heterocycles. The van der Waals surface area contributed by atoms with E-state index in [1.54, 1.807) is 0 Å². The van der Waals surface area contributed by atoms with E-state index in [4.69, 9.17) is 0 Å². The third-order valence-electron chi connectivity index (χ3n) is 3.24. The highest BCUT2D eigenvalue weighted by Crippen LogP contribution is 2.32. The SMILES string of the molecule is CC(F)(F)c1ccc(F)c(C2CCCNC2)c1. The summed E-state index contributed by atoms with van der Waals surface area (Å²) in [6, 6.07) is 3.62. The standard InChI is InChI=1S/C13H16F3N/c1-13(15,16)10-4-5-12(14)11(7-10)9-3-2-6-17-8-9/h4-5,7,9,17H,2-3,6,8H2,1H3. The van der Waals surface area contributed by atoms with Crippen LogP contribution in [0.4, 0.5) is 13.2 Å². The summed E-state index contributed by atoms with van der Waals surface area (Å²) in [5.41, 5.74) is 0.302. The summed E-state index contributed by atoms with van der Waals surface area (Å²) >= 11 is 0. The zero-order valence-corrected chi connectivity index (χ0v) is 9.77. The maximum absolute atomic E-state index is 13.7. The average Bonchev–Trinajstić information content (AvgIpc) is 2.29. The van der Waals surface area contributed by atoms with E-state index < -0.39 is 5.92 Å². The van der Waals surface area contributed by atoms with Crippen LogP contribution in [0.5, 0.6) is 0 Å². The Kier molecular flexibility index (Phi) is 3.43. The Labute approximate surface area is 99.0 Å². The first-order valence-electron chi connectivity index (χ1n) is 5.87. The predicted octanol–water partition coefficient (Wildman–Crippen LogP) is 3.40. The summed E-state index contributed by atoms with van der Waals surface area (Å²) in [7, 11) is 0. The van der Waals surface area contributed by atoms with Gasteiger partial charge in [0.1, 0.15) is 5.82 Å². The second-order valence-electron chi connectivity index (χ2n) is 4.67. The minimum absolute atomic E-state index is 0.00560. The van der Waals surface area contributed by atoms with Gasteiger partial charge in [0.15, 0.2) is 0 Å². The lowest BCUT2D eigenvalue weighted by Gasteiger charge is -2.24. The highest BCUT2D eigenvalue weighted by Gasteiger charge is 2.27. The maximum Gasteiger partial charge on any atom is 0.270 e. The fourth-order valence-electron chi connectivity index (χ4n) is 2.25. The van der Waals surface area contributed by atoms with Crippen molar-refractivity contribution in [1.29, 1.82) is 0 Å². The smallest absolute Gasteiger partial charge is 0.270 e. The van der Waals surface area contributed by atoms with Gasteiger partial charge in [-0.3, -0.25) is 0 Å². The Morgan fingerprint density at radius 2 is 2.12 bits per heavy atom. The van der Waals surface area contributed by atoms with Crippen LogP contribution in [0.25, 0.3) is 0 Å². The Morgan fingerprint density at radius 3 is 2.71 bits per heavy atom. The molecule has 0 aromatic heterocycles. The first-order valence-corrected chi connectivity index (χ1v) is 5.87. The highest BCUT2D eigenvalue weighted by atomic mass is 19.3. The fourth-order valence-corrected chi connectivity index (χ4v) is 2.25. The van der Waals surface area contributed by atoms with Crippen LogP contribution < -0.4 is 5.32 Å². The number of hydrogen-bond acceptors (Lipinski definition) is 1. The third kappa shape index (κ3) is 2.80. The molecule has 1 N–H and O–H groups in total. The number of benzene rings is 1. The number of alkyl halides is 2. The lowest BCUT2D eigenvalue weighted by atomic mass is 9.89. The molecule has 1 saturated heterocycles. The van der Waals surface area contributed by atoms with E-state index in [1.165, 1.54) is 6.07 Å². The predicted molar refractivity (Wildman–Crippen MR) is 60.8 cm³/mol. The monoisotopic (exact) mass is 243 g/mol. The molecule has 1 nitrogen and oxygen atoms in total. The van der Waals surface area contributed by atoms with Gasteiger partial charge in [-0.25, -0.2) is 13.2 Å². The Hall–Kier alpha value is -1.03. The molecule has 1 atom stereocenters. The molecule has 2 rings (SSSR count). The molecule has 1 aromatic rings. The Balaban J connectivity index is 2.31. The minimum Gasteiger partial charge on any atom is -0.316 e. The molecule has 0 bridgehead atoms. The summed E-state index contributed by atoms with van der Waals surface area (Å²) in [5, 5.41) is 3.16. The van der Waals surface area contributed by atoms with E-state index in [9.17, 15) is 13.2 Å². The van der Waals surface area contributed by atoms with Gasteiger partial charge in [0, 0.05) is 19.0 Å². The van der Waals surface area contributed by atoms with Crippen LogP contribution in [0.3, 0.4) is 0 Å². The molecule has 17 heavy (non-hydrogen) atoms. The quantitative estimate of drug-likeness (QED) is 0.839. The number of nitrogens with one attached hydrogen (secondary N) is 1. The lowest BCUT2D eigenvalue weighted by molar-refractivity contribution is 0.0173. The highest BCUT2D eigenvalue weighted by molar-refractivity contribution is 5.31. The summed E-state index contributed by atoms with van der Waals surface area (Å²) < 4.78 is 40.1. The van der Waals surface area contributed by atoms with E-state index >= 15 is 0 Å². The zero-order valence-electron chi connectivity index (χ0n) is 9.77. The van der Waals surface area contributed by atoms with Gasteiger partial charge in [-0.1, -0.05) is 6.07 Å². The molecule has 0 saturated carbocycles. The van der Waals surface area contributed by atoms with Crippen molar-refractivity contribution < 1.29 is 13.2 Å². The van der Waals surface area contributed by atoms with Crippen LogP contribution in [0.15, 0.2) is 18.2 Å². The molecule has 0 spiro atoms. The van der Waals surface area contributed by atoms with Crippen LogP contribution in [0, 0.1) is 5.82 Å². The van der Waals surface area contributed by atoms with Crippen molar-refractivity contribution in [2.75, 3.05) is 13.1 Å². The molecular formula is C13H16F3N. The Bertz CT molecular complexity index is 392. The topological polar surface area (TPSA) is 12.0 Å². The van der Waals surface area contributed by atoms with Crippen molar-refractivity contribution in [3.8, 4) is 0 Å². The number of hydrogen-bond donors (Lipinski definition) is 1. The largest absolute Gasteiger partial charge is 0.316 e. The van der Waals surface area contributed by atoms with E-state index in [2.05, 4.69) is 5.32 Å². The van der Waals surface area contributed by atoms with E-state index in [-0.39, 0.29) is 17.3 Å². The Morgan fingerprint density at radius 1 is 1.35 bits per heavy atom. The van der Waals surface area contributed by atoms with Gasteiger partial charge in [-0.05, 0) is 43.0 Å². The normalized spacial score (nSPS) is 21.5. The van der Waals surface area contributed by atoms with E-state index in [1.807, 2.05) is 0 Å². The minimum atomic E-state index is -2.91. The third-order valence-corrected chi connectivity index (χ3v) is 3.24.